The lowest BCUT2D eigenvalue weighted by Gasteiger charge is -2.09. The van der Waals surface area contributed by atoms with Crippen LogP contribution in [0.3, 0.4) is 0 Å². The number of halogens is 1. The van der Waals surface area contributed by atoms with Gasteiger partial charge in [-0.15, -0.1) is 0 Å². The highest BCUT2D eigenvalue weighted by molar-refractivity contribution is 6.39. The SMILES string of the molecule is CC1N=CC(Cl)=CN1. The monoisotopic (exact) mass is 130 g/mol. The third-order valence-corrected chi connectivity index (χ3v) is 1.09. The second-order valence-electron chi connectivity index (χ2n) is 1.65. The lowest BCUT2D eigenvalue weighted by molar-refractivity contribution is 0.668. The van der Waals surface area contributed by atoms with Gasteiger partial charge >= 0.3 is 0 Å². The van der Waals surface area contributed by atoms with Crippen LogP contribution in [0.15, 0.2) is 16.2 Å². The number of hydrogen-bond donors (Lipinski definition) is 1. The molecule has 1 rings (SSSR count). The van der Waals surface area contributed by atoms with Crippen LogP contribution in [-0.4, -0.2) is 12.4 Å². The van der Waals surface area contributed by atoms with Gasteiger partial charge in [0.1, 0.15) is 6.17 Å². The Hall–Kier alpha value is -0.500. The van der Waals surface area contributed by atoms with Crippen molar-refractivity contribution < 1.29 is 0 Å². The van der Waals surface area contributed by atoms with Crippen molar-refractivity contribution in [1.29, 1.82) is 0 Å². The third-order valence-electron chi connectivity index (χ3n) is 0.884. The van der Waals surface area contributed by atoms with E-state index >= 15 is 0 Å². The van der Waals surface area contributed by atoms with Crippen LogP contribution in [0.2, 0.25) is 0 Å². The fraction of sp³-hybridized carbons (Fsp3) is 0.400. The lowest BCUT2D eigenvalue weighted by Crippen LogP contribution is -2.21. The van der Waals surface area contributed by atoms with E-state index < -0.39 is 0 Å². The predicted octanol–water partition coefficient (Wildman–Crippen LogP) is 1.09. The van der Waals surface area contributed by atoms with E-state index in [1.54, 1.807) is 12.4 Å². The smallest absolute Gasteiger partial charge is 0.115 e. The van der Waals surface area contributed by atoms with Crippen LogP contribution in [0.1, 0.15) is 6.92 Å². The Morgan fingerprint density at radius 3 is 3.00 bits per heavy atom. The molecule has 1 heterocycles. The van der Waals surface area contributed by atoms with Crippen LogP contribution in [-0.2, 0) is 0 Å². The van der Waals surface area contributed by atoms with Crippen molar-refractivity contribution >= 4 is 17.8 Å². The van der Waals surface area contributed by atoms with Crippen molar-refractivity contribution in [3.63, 3.8) is 0 Å². The molecule has 3 heteroatoms. The molecule has 0 saturated heterocycles. The molecule has 1 N–H and O–H groups in total. The van der Waals surface area contributed by atoms with E-state index in [-0.39, 0.29) is 6.17 Å². The van der Waals surface area contributed by atoms with Crippen molar-refractivity contribution in [3.05, 3.63) is 11.2 Å². The normalized spacial score (nSPS) is 26.8. The van der Waals surface area contributed by atoms with Crippen LogP contribution in [0.4, 0.5) is 0 Å². The Morgan fingerprint density at radius 1 is 1.88 bits per heavy atom. The molecule has 44 valence electrons. The first-order valence-corrected chi connectivity index (χ1v) is 2.82. The molecule has 1 aliphatic rings. The van der Waals surface area contributed by atoms with E-state index in [2.05, 4.69) is 10.3 Å². The van der Waals surface area contributed by atoms with Crippen molar-refractivity contribution in [2.24, 2.45) is 4.99 Å². The minimum atomic E-state index is 0.178. The van der Waals surface area contributed by atoms with Crippen molar-refractivity contribution in [3.8, 4) is 0 Å². The molecule has 8 heavy (non-hydrogen) atoms. The number of rotatable bonds is 0. The van der Waals surface area contributed by atoms with E-state index in [0.29, 0.717) is 5.03 Å². The standard InChI is InChI=1S/C5H7ClN2/c1-4-7-2-5(6)3-8-4/h2-4,7H,1H3. The van der Waals surface area contributed by atoms with E-state index in [9.17, 15) is 0 Å². The summed E-state index contributed by atoms with van der Waals surface area (Å²) < 4.78 is 0. The second kappa shape index (κ2) is 2.18. The summed E-state index contributed by atoms with van der Waals surface area (Å²) in [5.41, 5.74) is 0. The Labute approximate surface area is 53.3 Å². The minimum absolute atomic E-state index is 0.178. The number of nitrogens with one attached hydrogen (secondary N) is 1. The lowest BCUT2D eigenvalue weighted by atomic mass is 10.5. The molecular weight excluding hydrogens is 124 g/mol. The summed E-state index contributed by atoms with van der Waals surface area (Å²) in [6.45, 7) is 1.95. The van der Waals surface area contributed by atoms with Gasteiger partial charge in [0.2, 0.25) is 0 Å². The molecular formula is C5H7ClN2. The second-order valence-corrected chi connectivity index (χ2v) is 2.09. The number of hydrogen-bond acceptors (Lipinski definition) is 2. The molecule has 0 amide bonds. The first-order valence-electron chi connectivity index (χ1n) is 2.44. The van der Waals surface area contributed by atoms with Crippen molar-refractivity contribution in [1.82, 2.24) is 5.32 Å². The van der Waals surface area contributed by atoms with Gasteiger partial charge in [0.25, 0.3) is 0 Å². The molecule has 0 aromatic heterocycles. The Morgan fingerprint density at radius 2 is 2.62 bits per heavy atom. The molecule has 0 bridgehead atoms. The minimum Gasteiger partial charge on any atom is -0.369 e. The fourth-order valence-corrected chi connectivity index (χ4v) is 0.583. The van der Waals surface area contributed by atoms with Gasteiger partial charge in [0.15, 0.2) is 0 Å². The number of aliphatic imine (C=N–C) groups is 1. The fourth-order valence-electron chi connectivity index (χ4n) is 0.464. The van der Waals surface area contributed by atoms with Crippen LogP contribution < -0.4 is 5.32 Å². The van der Waals surface area contributed by atoms with Gasteiger partial charge in [-0.1, -0.05) is 11.6 Å². The maximum absolute atomic E-state index is 5.53. The summed E-state index contributed by atoms with van der Waals surface area (Å²) in [4.78, 5) is 3.97. The van der Waals surface area contributed by atoms with Gasteiger partial charge < -0.3 is 5.32 Å². The van der Waals surface area contributed by atoms with E-state index in [1.807, 2.05) is 6.92 Å². The van der Waals surface area contributed by atoms with Crippen LogP contribution >= 0.6 is 11.6 Å². The van der Waals surface area contributed by atoms with Crippen LogP contribution in [0.5, 0.6) is 0 Å². The van der Waals surface area contributed by atoms with Crippen molar-refractivity contribution in [2.75, 3.05) is 0 Å². The molecule has 0 aromatic rings. The summed E-state index contributed by atoms with van der Waals surface area (Å²) in [5, 5.41) is 3.60. The summed E-state index contributed by atoms with van der Waals surface area (Å²) in [6, 6.07) is 0. The maximum Gasteiger partial charge on any atom is 0.115 e. The van der Waals surface area contributed by atoms with E-state index in [4.69, 9.17) is 11.6 Å². The molecule has 2 nitrogen and oxygen atoms in total. The summed E-state index contributed by atoms with van der Waals surface area (Å²) >= 11 is 5.53. The van der Waals surface area contributed by atoms with Gasteiger partial charge in [-0.2, -0.15) is 0 Å². The Bertz CT molecular complexity index is 139. The quantitative estimate of drug-likeness (QED) is 0.522. The molecule has 0 radical (unpaired) electrons. The molecule has 0 fully saturated rings. The molecule has 0 aromatic carbocycles. The van der Waals surface area contributed by atoms with Gasteiger partial charge in [-0.25, -0.2) is 0 Å². The Balaban J connectivity index is 2.58. The third kappa shape index (κ3) is 1.23. The zero-order chi connectivity index (χ0) is 5.98. The highest BCUT2D eigenvalue weighted by Gasteiger charge is 1.97. The first-order chi connectivity index (χ1) is 3.79. The molecule has 0 saturated carbocycles. The number of nitrogens with zero attached hydrogens (tertiary/aromatic N) is 1. The van der Waals surface area contributed by atoms with Gasteiger partial charge in [0, 0.05) is 12.4 Å². The number of allylic oxidation sites excluding steroid dienone is 1. The maximum atomic E-state index is 5.53. The highest BCUT2D eigenvalue weighted by atomic mass is 35.5. The Kier molecular flexibility index (Phi) is 1.53. The van der Waals surface area contributed by atoms with Gasteiger partial charge in [0.05, 0.1) is 5.03 Å². The van der Waals surface area contributed by atoms with Gasteiger partial charge in [-0.3, -0.25) is 4.99 Å². The molecule has 1 atom stereocenters. The van der Waals surface area contributed by atoms with E-state index in [0.717, 1.165) is 0 Å². The molecule has 0 spiro atoms. The molecule has 1 unspecified atom stereocenters. The average molecular weight is 131 g/mol. The van der Waals surface area contributed by atoms with Crippen molar-refractivity contribution in [2.45, 2.75) is 13.1 Å². The zero-order valence-corrected chi connectivity index (χ0v) is 5.31. The largest absolute Gasteiger partial charge is 0.369 e. The van der Waals surface area contributed by atoms with Gasteiger partial charge in [-0.05, 0) is 6.92 Å². The zero-order valence-electron chi connectivity index (χ0n) is 4.56. The predicted molar refractivity (Wildman–Crippen MR) is 35.0 cm³/mol. The molecule has 0 aliphatic carbocycles. The van der Waals surface area contributed by atoms with Crippen LogP contribution in [0, 0.1) is 0 Å². The molecule has 1 aliphatic heterocycles. The topological polar surface area (TPSA) is 24.4 Å². The summed E-state index contributed by atoms with van der Waals surface area (Å²) in [7, 11) is 0. The summed E-state index contributed by atoms with van der Waals surface area (Å²) in [5.74, 6) is 0. The first kappa shape index (κ1) is 5.63. The average Bonchev–Trinajstić information content (AvgIpc) is 1.77. The van der Waals surface area contributed by atoms with Crippen LogP contribution in [0.25, 0.3) is 0 Å². The van der Waals surface area contributed by atoms with E-state index in [1.165, 1.54) is 0 Å². The summed E-state index contributed by atoms with van der Waals surface area (Å²) in [6.07, 6.45) is 3.56. The highest BCUT2D eigenvalue weighted by Crippen LogP contribution is 2.00.